The van der Waals surface area contributed by atoms with E-state index in [1.165, 1.54) is 6.42 Å². The first kappa shape index (κ1) is 12.3. The van der Waals surface area contributed by atoms with Crippen molar-refractivity contribution in [2.24, 2.45) is 10.8 Å². The van der Waals surface area contributed by atoms with Crippen molar-refractivity contribution in [3.05, 3.63) is 0 Å². The van der Waals surface area contributed by atoms with Gasteiger partial charge in [0.05, 0.1) is 0 Å². The van der Waals surface area contributed by atoms with Gasteiger partial charge in [-0.05, 0) is 23.7 Å². The fourth-order valence-electron chi connectivity index (χ4n) is 0.993. The lowest BCUT2D eigenvalue weighted by Crippen LogP contribution is -2.22. The predicted molar refractivity (Wildman–Crippen MR) is 57.8 cm³/mol. The van der Waals surface area contributed by atoms with Gasteiger partial charge in [0, 0.05) is 5.38 Å². The van der Waals surface area contributed by atoms with E-state index in [-0.39, 0.29) is 5.41 Å². The van der Waals surface area contributed by atoms with E-state index in [1.54, 1.807) is 0 Å². The van der Waals surface area contributed by atoms with Crippen molar-refractivity contribution in [1.29, 1.82) is 0 Å². The molecule has 12 heavy (non-hydrogen) atoms. The van der Waals surface area contributed by atoms with Crippen molar-refractivity contribution in [3.8, 4) is 0 Å². The van der Waals surface area contributed by atoms with Crippen LogP contribution in [-0.4, -0.2) is 5.38 Å². The second-order valence-electron chi connectivity index (χ2n) is 5.93. The van der Waals surface area contributed by atoms with Crippen molar-refractivity contribution in [3.63, 3.8) is 0 Å². The molecule has 0 aliphatic rings. The largest absolute Gasteiger partial charge is 0.122 e. The molecular formula is C11H23Cl. The molecule has 74 valence electrons. The van der Waals surface area contributed by atoms with Crippen LogP contribution >= 0.6 is 11.6 Å². The summed E-state index contributed by atoms with van der Waals surface area (Å²) in [6.45, 7) is 13.4. The van der Waals surface area contributed by atoms with Crippen LogP contribution < -0.4 is 0 Å². The maximum atomic E-state index is 6.26. The lowest BCUT2D eigenvalue weighted by Gasteiger charge is -2.28. The predicted octanol–water partition coefficient (Wildman–Crippen LogP) is 4.47. The highest BCUT2D eigenvalue weighted by Crippen LogP contribution is 2.32. The summed E-state index contributed by atoms with van der Waals surface area (Å²) in [6, 6.07) is 0. The zero-order valence-corrected chi connectivity index (χ0v) is 10.1. The molecule has 0 aliphatic heterocycles. The van der Waals surface area contributed by atoms with Gasteiger partial charge in [-0.1, -0.05) is 41.5 Å². The first-order valence-electron chi connectivity index (χ1n) is 4.77. The summed E-state index contributed by atoms with van der Waals surface area (Å²) in [7, 11) is 0. The highest BCUT2D eigenvalue weighted by atomic mass is 35.5. The smallest absolute Gasteiger partial charge is 0.0384 e. The molecule has 0 radical (unpaired) electrons. The molecule has 0 heterocycles. The Kier molecular flexibility index (Phi) is 4.10. The Balaban J connectivity index is 3.80. The molecule has 0 fully saturated rings. The molecule has 0 saturated carbocycles. The summed E-state index contributed by atoms with van der Waals surface area (Å²) >= 11 is 6.26. The number of rotatable bonds is 2. The van der Waals surface area contributed by atoms with Crippen LogP contribution in [0.3, 0.4) is 0 Å². The standard InChI is InChI=1S/C11H23Cl/c1-10(2,3)8-7-9(12)11(4,5)6/h9H,7-8H2,1-6H3. The van der Waals surface area contributed by atoms with Gasteiger partial charge in [0.15, 0.2) is 0 Å². The minimum Gasteiger partial charge on any atom is -0.122 e. The van der Waals surface area contributed by atoms with Crippen LogP contribution in [0.25, 0.3) is 0 Å². The monoisotopic (exact) mass is 190 g/mol. The molecule has 1 unspecified atom stereocenters. The Morgan fingerprint density at radius 1 is 1.00 bits per heavy atom. The summed E-state index contributed by atoms with van der Waals surface area (Å²) in [5.74, 6) is 0. The van der Waals surface area contributed by atoms with Crippen molar-refractivity contribution in [2.45, 2.75) is 59.8 Å². The quantitative estimate of drug-likeness (QED) is 0.564. The van der Waals surface area contributed by atoms with E-state index >= 15 is 0 Å². The second kappa shape index (κ2) is 4.00. The first-order chi connectivity index (χ1) is 5.13. The van der Waals surface area contributed by atoms with Gasteiger partial charge < -0.3 is 0 Å². The highest BCUT2D eigenvalue weighted by Gasteiger charge is 2.23. The first-order valence-corrected chi connectivity index (χ1v) is 5.21. The van der Waals surface area contributed by atoms with Crippen LogP contribution in [0.15, 0.2) is 0 Å². The summed E-state index contributed by atoms with van der Waals surface area (Å²) in [5.41, 5.74) is 0.658. The topological polar surface area (TPSA) is 0 Å². The van der Waals surface area contributed by atoms with E-state index in [2.05, 4.69) is 41.5 Å². The van der Waals surface area contributed by atoms with Crippen LogP contribution in [-0.2, 0) is 0 Å². The Morgan fingerprint density at radius 3 is 1.67 bits per heavy atom. The Bertz CT molecular complexity index is 125. The molecule has 0 aliphatic carbocycles. The van der Waals surface area contributed by atoms with Crippen LogP contribution in [0.4, 0.5) is 0 Å². The van der Waals surface area contributed by atoms with Gasteiger partial charge in [-0.15, -0.1) is 11.6 Å². The zero-order valence-electron chi connectivity index (χ0n) is 9.37. The van der Waals surface area contributed by atoms with E-state index in [0.29, 0.717) is 10.8 Å². The van der Waals surface area contributed by atoms with Crippen LogP contribution in [0.1, 0.15) is 54.4 Å². The van der Waals surface area contributed by atoms with Gasteiger partial charge in [-0.2, -0.15) is 0 Å². The third-order valence-electron chi connectivity index (χ3n) is 2.09. The van der Waals surface area contributed by atoms with Crippen molar-refractivity contribution in [1.82, 2.24) is 0 Å². The van der Waals surface area contributed by atoms with E-state index in [0.717, 1.165) is 6.42 Å². The molecule has 1 heteroatoms. The lowest BCUT2D eigenvalue weighted by molar-refractivity contribution is 0.307. The number of hydrogen-bond acceptors (Lipinski definition) is 0. The molecule has 0 bridgehead atoms. The molecule has 0 aromatic carbocycles. The summed E-state index contributed by atoms with van der Waals surface area (Å²) in [5, 5.41) is 0.303. The molecule has 0 spiro atoms. The minimum atomic E-state index is 0.243. The van der Waals surface area contributed by atoms with Crippen molar-refractivity contribution in [2.75, 3.05) is 0 Å². The molecule has 1 atom stereocenters. The average Bonchev–Trinajstić information content (AvgIpc) is 1.78. The van der Waals surface area contributed by atoms with Crippen LogP contribution in [0, 0.1) is 10.8 Å². The van der Waals surface area contributed by atoms with Gasteiger partial charge in [0.2, 0.25) is 0 Å². The molecule has 0 nitrogen and oxygen atoms in total. The average molecular weight is 191 g/mol. The highest BCUT2D eigenvalue weighted by molar-refractivity contribution is 6.21. The molecule has 0 aromatic heterocycles. The van der Waals surface area contributed by atoms with Crippen molar-refractivity contribution < 1.29 is 0 Å². The SMILES string of the molecule is CC(C)(C)CCC(Cl)C(C)(C)C. The van der Waals surface area contributed by atoms with E-state index in [9.17, 15) is 0 Å². The lowest BCUT2D eigenvalue weighted by atomic mass is 9.83. The molecule has 0 amide bonds. The van der Waals surface area contributed by atoms with E-state index < -0.39 is 0 Å². The van der Waals surface area contributed by atoms with Gasteiger partial charge >= 0.3 is 0 Å². The van der Waals surface area contributed by atoms with Crippen molar-refractivity contribution >= 4 is 11.6 Å². The second-order valence-corrected chi connectivity index (χ2v) is 6.46. The number of hydrogen-bond donors (Lipinski definition) is 0. The fourth-order valence-corrected chi connectivity index (χ4v) is 1.10. The third-order valence-corrected chi connectivity index (χ3v) is 2.96. The number of halogens is 1. The van der Waals surface area contributed by atoms with Gasteiger partial charge in [0.1, 0.15) is 0 Å². The number of alkyl halides is 1. The zero-order chi connectivity index (χ0) is 9.99. The Labute approximate surface area is 82.7 Å². The van der Waals surface area contributed by atoms with Crippen LogP contribution in [0.2, 0.25) is 0 Å². The molecule has 0 N–H and O–H groups in total. The Morgan fingerprint density at radius 2 is 1.42 bits per heavy atom. The van der Waals surface area contributed by atoms with Gasteiger partial charge in [-0.25, -0.2) is 0 Å². The maximum absolute atomic E-state index is 6.26. The van der Waals surface area contributed by atoms with Gasteiger partial charge in [0.25, 0.3) is 0 Å². The fraction of sp³-hybridized carbons (Fsp3) is 1.00. The molecular weight excluding hydrogens is 168 g/mol. The van der Waals surface area contributed by atoms with Gasteiger partial charge in [-0.3, -0.25) is 0 Å². The Hall–Kier alpha value is 0.290. The van der Waals surface area contributed by atoms with Crippen LogP contribution in [0.5, 0.6) is 0 Å². The normalized spacial score (nSPS) is 16.2. The molecule has 0 aromatic rings. The third kappa shape index (κ3) is 5.88. The minimum absolute atomic E-state index is 0.243. The molecule has 0 saturated heterocycles. The van der Waals surface area contributed by atoms with E-state index in [1.807, 2.05) is 0 Å². The molecule has 0 rings (SSSR count). The summed E-state index contributed by atoms with van der Waals surface area (Å²) in [4.78, 5) is 0. The maximum Gasteiger partial charge on any atom is 0.0384 e. The summed E-state index contributed by atoms with van der Waals surface area (Å²) in [6.07, 6.45) is 2.33. The van der Waals surface area contributed by atoms with E-state index in [4.69, 9.17) is 11.6 Å². The summed E-state index contributed by atoms with van der Waals surface area (Å²) < 4.78 is 0.